The van der Waals surface area contributed by atoms with Crippen LogP contribution in [0.5, 0.6) is 5.75 Å². The van der Waals surface area contributed by atoms with E-state index in [2.05, 4.69) is 25.2 Å². The predicted octanol–water partition coefficient (Wildman–Crippen LogP) is 5.15. The molecule has 1 aromatic carbocycles. The van der Waals surface area contributed by atoms with E-state index >= 15 is 0 Å². The summed E-state index contributed by atoms with van der Waals surface area (Å²) in [6.07, 6.45) is 7.01. The molecular formula is C17H31NO. The molecule has 0 aliphatic heterocycles. The maximum atomic E-state index is 9.88. The van der Waals surface area contributed by atoms with Crippen LogP contribution in [0.25, 0.3) is 0 Å². The quantitative estimate of drug-likeness (QED) is 0.669. The van der Waals surface area contributed by atoms with Crippen LogP contribution in [-0.2, 0) is 12.8 Å². The second-order valence-corrected chi connectivity index (χ2v) is 4.60. The van der Waals surface area contributed by atoms with Crippen molar-refractivity contribution in [1.29, 1.82) is 0 Å². The predicted molar refractivity (Wildman–Crippen MR) is 86.2 cm³/mol. The lowest BCUT2D eigenvalue weighted by molar-refractivity contribution is 0.476. The van der Waals surface area contributed by atoms with E-state index in [1.54, 1.807) is 0 Å². The van der Waals surface area contributed by atoms with Crippen molar-refractivity contribution < 1.29 is 5.11 Å². The van der Waals surface area contributed by atoms with E-state index in [9.17, 15) is 5.11 Å². The van der Waals surface area contributed by atoms with E-state index in [0.717, 1.165) is 18.5 Å². The molecule has 0 fully saturated rings. The second kappa shape index (κ2) is 10.7. The maximum Gasteiger partial charge on any atom is 0.138 e. The molecule has 2 heteroatoms. The fourth-order valence-corrected chi connectivity index (χ4v) is 2.08. The Hall–Kier alpha value is -1.18. The monoisotopic (exact) mass is 265 g/mol. The normalized spacial score (nSPS) is 9.74. The molecule has 19 heavy (non-hydrogen) atoms. The van der Waals surface area contributed by atoms with E-state index in [4.69, 9.17) is 0 Å². The standard InChI is InChI=1S/C15H25NO.C2H6/c1-4-6-8-12-10-14(16-3)15(17)11-13(12)9-7-5-2;1-2/h10-11,16-17H,4-9H2,1-3H3;1-2H3. The summed E-state index contributed by atoms with van der Waals surface area (Å²) in [4.78, 5) is 0. The minimum Gasteiger partial charge on any atom is -0.506 e. The third-order valence-corrected chi connectivity index (χ3v) is 3.19. The van der Waals surface area contributed by atoms with Gasteiger partial charge in [0, 0.05) is 7.05 Å². The molecule has 0 heterocycles. The van der Waals surface area contributed by atoms with Gasteiger partial charge in [-0.2, -0.15) is 0 Å². The third-order valence-electron chi connectivity index (χ3n) is 3.19. The van der Waals surface area contributed by atoms with Crippen molar-refractivity contribution in [2.75, 3.05) is 12.4 Å². The number of phenolic OH excluding ortho intramolecular Hbond substituents is 1. The highest BCUT2D eigenvalue weighted by Crippen LogP contribution is 2.29. The molecule has 0 aromatic heterocycles. The molecular weight excluding hydrogens is 234 g/mol. The zero-order valence-electron chi connectivity index (χ0n) is 13.3. The van der Waals surface area contributed by atoms with Gasteiger partial charge in [0.2, 0.25) is 0 Å². The van der Waals surface area contributed by atoms with Crippen molar-refractivity contribution in [2.45, 2.75) is 66.2 Å². The smallest absolute Gasteiger partial charge is 0.138 e. The molecule has 0 atom stereocenters. The van der Waals surface area contributed by atoms with E-state index in [1.165, 1.54) is 36.8 Å². The molecule has 1 rings (SSSR count). The van der Waals surface area contributed by atoms with Crippen molar-refractivity contribution in [1.82, 2.24) is 0 Å². The van der Waals surface area contributed by atoms with Gasteiger partial charge in [-0.05, 0) is 48.9 Å². The summed E-state index contributed by atoms with van der Waals surface area (Å²) in [6.45, 7) is 8.42. The van der Waals surface area contributed by atoms with E-state index in [1.807, 2.05) is 27.0 Å². The number of unbranched alkanes of at least 4 members (excludes halogenated alkanes) is 2. The number of aromatic hydroxyl groups is 1. The molecule has 110 valence electrons. The molecule has 0 radical (unpaired) electrons. The van der Waals surface area contributed by atoms with Crippen LogP contribution in [0, 0.1) is 0 Å². The van der Waals surface area contributed by atoms with Gasteiger partial charge in [0.1, 0.15) is 5.75 Å². The zero-order chi connectivity index (χ0) is 14.7. The third kappa shape index (κ3) is 6.00. The van der Waals surface area contributed by atoms with E-state index in [-0.39, 0.29) is 0 Å². The zero-order valence-corrected chi connectivity index (χ0v) is 13.3. The first-order chi connectivity index (χ1) is 9.22. The Bertz CT molecular complexity index is 347. The van der Waals surface area contributed by atoms with Gasteiger partial charge in [-0.1, -0.05) is 40.5 Å². The molecule has 0 aliphatic carbocycles. The van der Waals surface area contributed by atoms with Gasteiger partial charge in [-0.15, -0.1) is 0 Å². The van der Waals surface area contributed by atoms with Crippen LogP contribution in [0.3, 0.4) is 0 Å². The summed E-state index contributed by atoms with van der Waals surface area (Å²) in [7, 11) is 1.85. The van der Waals surface area contributed by atoms with Gasteiger partial charge in [0.05, 0.1) is 5.69 Å². The Kier molecular flexibility index (Phi) is 10.1. The number of anilines is 1. The van der Waals surface area contributed by atoms with Gasteiger partial charge < -0.3 is 10.4 Å². The summed E-state index contributed by atoms with van der Waals surface area (Å²) in [5, 5.41) is 12.9. The van der Waals surface area contributed by atoms with Crippen molar-refractivity contribution in [3.63, 3.8) is 0 Å². The lowest BCUT2D eigenvalue weighted by Gasteiger charge is -2.13. The van der Waals surface area contributed by atoms with Gasteiger partial charge in [0.25, 0.3) is 0 Å². The Balaban J connectivity index is 0.00000154. The number of nitrogens with one attached hydrogen (secondary N) is 1. The highest BCUT2D eigenvalue weighted by Gasteiger charge is 2.08. The number of rotatable bonds is 7. The summed E-state index contributed by atoms with van der Waals surface area (Å²) in [5.74, 6) is 0.374. The Morgan fingerprint density at radius 1 is 0.947 bits per heavy atom. The first-order valence-corrected chi connectivity index (χ1v) is 7.75. The molecule has 0 saturated heterocycles. The number of benzene rings is 1. The molecule has 0 spiro atoms. The molecule has 1 aromatic rings. The minimum atomic E-state index is 0.374. The molecule has 0 unspecified atom stereocenters. The SMILES string of the molecule is CC.CCCCc1cc(O)c(NC)cc1CCCC. The average Bonchev–Trinajstić information content (AvgIpc) is 2.46. The fraction of sp³-hybridized carbons (Fsp3) is 0.647. The van der Waals surface area contributed by atoms with E-state index in [0.29, 0.717) is 5.75 Å². The molecule has 0 aliphatic rings. The first kappa shape index (κ1) is 17.8. The summed E-state index contributed by atoms with van der Waals surface area (Å²) in [5.41, 5.74) is 3.55. The van der Waals surface area contributed by atoms with Gasteiger partial charge in [-0.25, -0.2) is 0 Å². The summed E-state index contributed by atoms with van der Waals surface area (Å²) < 4.78 is 0. The molecule has 0 amide bonds. The molecule has 0 bridgehead atoms. The number of aryl methyl sites for hydroxylation is 2. The topological polar surface area (TPSA) is 32.3 Å². The second-order valence-electron chi connectivity index (χ2n) is 4.60. The van der Waals surface area contributed by atoms with E-state index < -0.39 is 0 Å². The van der Waals surface area contributed by atoms with Crippen LogP contribution in [0.15, 0.2) is 12.1 Å². The van der Waals surface area contributed by atoms with Gasteiger partial charge in [0.15, 0.2) is 0 Å². The largest absolute Gasteiger partial charge is 0.506 e. The van der Waals surface area contributed by atoms with Crippen LogP contribution in [-0.4, -0.2) is 12.2 Å². The average molecular weight is 265 g/mol. The number of phenols is 1. The van der Waals surface area contributed by atoms with Gasteiger partial charge in [-0.3, -0.25) is 0 Å². The van der Waals surface area contributed by atoms with Crippen molar-refractivity contribution in [3.8, 4) is 5.75 Å². The Labute approximate surface area is 119 Å². The lowest BCUT2D eigenvalue weighted by atomic mass is 9.97. The van der Waals surface area contributed by atoms with Gasteiger partial charge >= 0.3 is 0 Å². The summed E-state index contributed by atoms with van der Waals surface area (Å²) in [6, 6.07) is 4.04. The minimum absolute atomic E-state index is 0.374. The van der Waals surface area contributed by atoms with Crippen LogP contribution < -0.4 is 5.32 Å². The number of hydrogen-bond acceptors (Lipinski definition) is 2. The Morgan fingerprint density at radius 2 is 1.42 bits per heavy atom. The number of hydrogen-bond donors (Lipinski definition) is 2. The summed E-state index contributed by atoms with van der Waals surface area (Å²) >= 11 is 0. The van der Waals surface area contributed by atoms with Crippen LogP contribution in [0.2, 0.25) is 0 Å². The van der Waals surface area contributed by atoms with Crippen molar-refractivity contribution >= 4 is 5.69 Å². The van der Waals surface area contributed by atoms with Crippen LogP contribution in [0.1, 0.15) is 64.5 Å². The van der Waals surface area contributed by atoms with Crippen LogP contribution >= 0.6 is 0 Å². The highest BCUT2D eigenvalue weighted by atomic mass is 16.3. The first-order valence-electron chi connectivity index (χ1n) is 7.75. The molecule has 0 saturated carbocycles. The molecule has 2 N–H and O–H groups in total. The fourth-order valence-electron chi connectivity index (χ4n) is 2.08. The lowest BCUT2D eigenvalue weighted by Crippen LogP contribution is -1.98. The Morgan fingerprint density at radius 3 is 1.84 bits per heavy atom. The van der Waals surface area contributed by atoms with Crippen molar-refractivity contribution in [2.24, 2.45) is 0 Å². The van der Waals surface area contributed by atoms with Crippen molar-refractivity contribution in [3.05, 3.63) is 23.3 Å². The molecule has 2 nitrogen and oxygen atoms in total. The van der Waals surface area contributed by atoms with Crippen LogP contribution in [0.4, 0.5) is 5.69 Å². The maximum absolute atomic E-state index is 9.88. The highest BCUT2D eigenvalue weighted by molar-refractivity contribution is 5.59.